The highest BCUT2D eigenvalue weighted by atomic mass is 15.0. The Labute approximate surface area is 101 Å². The zero-order valence-corrected chi connectivity index (χ0v) is 10.1. The second-order valence-electron chi connectivity index (χ2n) is 4.73. The fraction of sp³-hybridized carbons (Fsp3) is 0.429. The maximum Gasteiger partial charge on any atom is 0.137 e. The second kappa shape index (κ2) is 4.32. The fourth-order valence-corrected chi connectivity index (χ4v) is 2.79. The summed E-state index contributed by atoms with van der Waals surface area (Å²) in [6, 6.07) is 6.60. The normalized spacial score (nSPS) is 16.5. The van der Waals surface area contributed by atoms with Gasteiger partial charge >= 0.3 is 0 Å². The molecule has 1 aliphatic rings. The van der Waals surface area contributed by atoms with Gasteiger partial charge in [0.2, 0.25) is 0 Å². The van der Waals surface area contributed by atoms with Crippen molar-refractivity contribution in [3.63, 3.8) is 0 Å². The van der Waals surface area contributed by atoms with Gasteiger partial charge in [-0.3, -0.25) is 0 Å². The summed E-state index contributed by atoms with van der Waals surface area (Å²) in [5, 5.41) is 4.27. The van der Waals surface area contributed by atoms with E-state index in [1.54, 1.807) is 6.33 Å². The van der Waals surface area contributed by atoms with Crippen molar-refractivity contribution in [3.05, 3.63) is 30.1 Å². The van der Waals surface area contributed by atoms with Crippen molar-refractivity contribution in [1.29, 1.82) is 0 Å². The Morgan fingerprint density at radius 1 is 1.18 bits per heavy atom. The standard InChI is InChI=1S/C14H17N3/c1-15-14-12-8-11(10-4-2-3-5-10)6-7-13(12)16-9-17-14/h6-10H,2-5H2,1H3,(H,15,16,17). The summed E-state index contributed by atoms with van der Waals surface area (Å²) in [6.45, 7) is 0. The summed E-state index contributed by atoms with van der Waals surface area (Å²) < 4.78 is 0. The van der Waals surface area contributed by atoms with Crippen LogP contribution in [0, 0.1) is 0 Å². The number of fused-ring (bicyclic) bond motifs is 1. The quantitative estimate of drug-likeness (QED) is 0.855. The number of rotatable bonds is 2. The van der Waals surface area contributed by atoms with E-state index in [2.05, 4.69) is 33.5 Å². The summed E-state index contributed by atoms with van der Waals surface area (Å²) in [5.41, 5.74) is 2.47. The SMILES string of the molecule is CNc1ncnc2ccc(C3CCCC3)cc12. The summed E-state index contributed by atoms with van der Waals surface area (Å²) in [5.74, 6) is 1.67. The van der Waals surface area contributed by atoms with E-state index in [9.17, 15) is 0 Å². The average molecular weight is 227 g/mol. The van der Waals surface area contributed by atoms with Crippen molar-refractivity contribution in [2.45, 2.75) is 31.6 Å². The lowest BCUT2D eigenvalue weighted by Gasteiger charge is -2.11. The van der Waals surface area contributed by atoms with Crippen molar-refractivity contribution >= 4 is 16.7 Å². The Balaban J connectivity index is 2.10. The molecule has 1 N–H and O–H groups in total. The van der Waals surface area contributed by atoms with Gasteiger partial charge in [-0.05, 0) is 36.5 Å². The molecule has 0 spiro atoms. The van der Waals surface area contributed by atoms with Crippen LogP contribution < -0.4 is 5.32 Å². The lowest BCUT2D eigenvalue weighted by Crippen LogP contribution is -1.97. The van der Waals surface area contributed by atoms with Crippen molar-refractivity contribution in [2.75, 3.05) is 12.4 Å². The Kier molecular flexibility index (Phi) is 2.67. The lowest BCUT2D eigenvalue weighted by molar-refractivity contribution is 0.724. The van der Waals surface area contributed by atoms with E-state index in [0.29, 0.717) is 0 Å². The van der Waals surface area contributed by atoms with Gasteiger partial charge in [-0.1, -0.05) is 18.9 Å². The molecule has 0 aliphatic heterocycles. The number of nitrogens with zero attached hydrogens (tertiary/aromatic N) is 2. The minimum Gasteiger partial charge on any atom is -0.373 e. The highest BCUT2D eigenvalue weighted by Crippen LogP contribution is 2.35. The minimum absolute atomic E-state index is 0.740. The zero-order chi connectivity index (χ0) is 11.7. The number of benzene rings is 1. The fourth-order valence-electron chi connectivity index (χ4n) is 2.79. The third-order valence-electron chi connectivity index (χ3n) is 3.72. The van der Waals surface area contributed by atoms with Crippen LogP contribution in [-0.4, -0.2) is 17.0 Å². The minimum atomic E-state index is 0.740. The first-order valence-electron chi connectivity index (χ1n) is 6.31. The van der Waals surface area contributed by atoms with Crippen LogP contribution in [0.25, 0.3) is 10.9 Å². The van der Waals surface area contributed by atoms with Gasteiger partial charge < -0.3 is 5.32 Å². The third-order valence-corrected chi connectivity index (χ3v) is 3.72. The van der Waals surface area contributed by atoms with Gasteiger partial charge in [-0.25, -0.2) is 9.97 Å². The highest BCUT2D eigenvalue weighted by molar-refractivity contribution is 5.89. The van der Waals surface area contributed by atoms with Gasteiger partial charge in [0.25, 0.3) is 0 Å². The summed E-state index contributed by atoms with van der Waals surface area (Å²) in [7, 11) is 1.91. The van der Waals surface area contributed by atoms with Crippen LogP contribution in [0.1, 0.15) is 37.2 Å². The molecule has 1 heterocycles. The molecule has 1 aromatic carbocycles. The predicted octanol–water partition coefficient (Wildman–Crippen LogP) is 3.33. The molecule has 1 fully saturated rings. The van der Waals surface area contributed by atoms with Crippen LogP contribution >= 0.6 is 0 Å². The van der Waals surface area contributed by atoms with E-state index in [-0.39, 0.29) is 0 Å². The first-order chi connectivity index (χ1) is 8.38. The van der Waals surface area contributed by atoms with Crippen molar-refractivity contribution in [2.24, 2.45) is 0 Å². The monoisotopic (exact) mass is 227 g/mol. The smallest absolute Gasteiger partial charge is 0.137 e. The van der Waals surface area contributed by atoms with Crippen LogP contribution in [0.2, 0.25) is 0 Å². The number of anilines is 1. The maximum absolute atomic E-state index is 4.31. The number of hydrogen-bond acceptors (Lipinski definition) is 3. The molecule has 1 aromatic heterocycles. The molecule has 3 heteroatoms. The van der Waals surface area contributed by atoms with Gasteiger partial charge in [0.05, 0.1) is 5.52 Å². The molecule has 0 unspecified atom stereocenters. The largest absolute Gasteiger partial charge is 0.373 e. The van der Waals surface area contributed by atoms with Crippen LogP contribution in [0.3, 0.4) is 0 Å². The van der Waals surface area contributed by atoms with Gasteiger partial charge in [-0.2, -0.15) is 0 Å². The highest BCUT2D eigenvalue weighted by Gasteiger charge is 2.17. The van der Waals surface area contributed by atoms with Crippen LogP contribution in [-0.2, 0) is 0 Å². The average Bonchev–Trinajstić information content (AvgIpc) is 2.91. The number of aromatic nitrogens is 2. The molecule has 3 nitrogen and oxygen atoms in total. The molecule has 0 saturated heterocycles. The summed E-state index contributed by atoms with van der Waals surface area (Å²) in [4.78, 5) is 8.58. The van der Waals surface area contributed by atoms with Gasteiger partial charge in [0.1, 0.15) is 12.1 Å². The Morgan fingerprint density at radius 2 is 2.00 bits per heavy atom. The van der Waals surface area contributed by atoms with Crippen molar-refractivity contribution < 1.29 is 0 Å². The molecule has 0 atom stereocenters. The molecule has 88 valence electrons. The molecule has 0 bridgehead atoms. The molecule has 1 aliphatic carbocycles. The van der Waals surface area contributed by atoms with E-state index in [1.807, 2.05) is 7.05 Å². The van der Waals surface area contributed by atoms with E-state index in [1.165, 1.54) is 31.2 Å². The molecular formula is C14H17N3. The molecule has 2 aromatic rings. The molecular weight excluding hydrogens is 210 g/mol. The first-order valence-corrected chi connectivity index (χ1v) is 6.31. The van der Waals surface area contributed by atoms with Crippen molar-refractivity contribution in [1.82, 2.24) is 9.97 Å². The second-order valence-corrected chi connectivity index (χ2v) is 4.73. The third kappa shape index (κ3) is 1.86. The topological polar surface area (TPSA) is 37.8 Å². The zero-order valence-electron chi connectivity index (χ0n) is 10.1. The molecule has 0 amide bonds. The van der Waals surface area contributed by atoms with Crippen LogP contribution in [0.15, 0.2) is 24.5 Å². The van der Waals surface area contributed by atoms with Gasteiger partial charge in [-0.15, -0.1) is 0 Å². The molecule has 0 radical (unpaired) electrons. The van der Waals surface area contributed by atoms with E-state index in [4.69, 9.17) is 0 Å². The van der Waals surface area contributed by atoms with Gasteiger partial charge in [0, 0.05) is 12.4 Å². The van der Waals surface area contributed by atoms with E-state index < -0.39 is 0 Å². The van der Waals surface area contributed by atoms with Crippen LogP contribution in [0.5, 0.6) is 0 Å². The molecule has 3 rings (SSSR count). The maximum atomic E-state index is 4.31. The van der Waals surface area contributed by atoms with Crippen LogP contribution in [0.4, 0.5) is 5.82 Å². The lowest BCUT2D eigenvalue weighted by atomic mass is 9.96. The Hall–Kier alpha value is -1.64. The van der Waals surface area contributed by atoms with E-state index in [0.717, 1.165) is 22.6 Å². The van der Waals surface area contributed by atoms with E-state index >= 15 is 0 Å². The Morgan fingerprint density at radius 3 is 2.76 bits per heavy atom. The molecule has 1 saturated carbocycles. The number of nitrogens with one attached hydrogen (secondary N) is 1. The molecule has 17 heavy (non-hydrogen) atoms. The number of hydrogen-bond donors (Lipinski definition) is 1. The van der Waals surface area contributed by atoms with Crippen molar-refractivity contribution in [3.8, 4) is 0 Å². The summed E-state index contributed by atoms with van der Waals surface area (Å²) >= 11 is 0. The Bertz CT molecular complexity index is 530. The first kappa shape index (κ1) is 10.5. The summed E-state index contributed by atoms with van der Waals surface area (Å²) in [6.07, 6.45) is 7.01. The predicted molar refractivity (Wildman–Crippen MR) is 70.3 cm³/mol. The van der Waals surface area contributed by atoms with Gasteiger partial charge in [0.15, 0.2) is 0 Å².